The van der Waals surface area contributed by atoms with Gasteiger partial charge < -0.3 is 14.7 Å². The largest absolute Gasteiger partial charge is 0.468 e. The minimum absolute atomic E-state index is 0.0409. The molecule has 0 atom stereocenters. The van der Waals surface area contributed by atoms with Gasteiger partial charge in [0.25, 0.3) is 5.89 Å². The van der Waals surface area contributed by atoms with Crippen molar-refractivity contribution in [3.63, 3.8) is 0 Å². The molecule has 0 aliphatic carbocycles. The van der Waals surface area contributed by atoms with Gasteiger partial charge in [0, 0.05) is 11.8 Å². The van der Waals surface area contributed by atoms with Gasteiger partial charge >= 0.3 is 6.18 Å². The van der Waals surface area contributed by atoms with E-state index in [0.29, 0.717) is 23.2 Å². The Balaban J connectivity index is 2.06. The maximum absolute atomic E-state index is 13.0. The molecule has 3 aromatic heterocycles. The third-order valence-corrected chi connectivity index (χ3v) is 3.30. The normalized spacial score (nSPS) is 11.9. The Morgan fingerprint density at radius 2 is 1.96 bits per heavy atom. The Hall–Kier alpha value is -2.84. The average Bonchev–Trinajstić information content (AvgIpc) is 3.07. The smallest absolute Gasteiger partial charge is 0.420 e. The second-order valence-corrected chi connectivity index (χ2v) is 4.93. The standard InChI is InChI=1S/C14H11F3N4O2/c1-6-3-8(4-19-11(6)18)12-20-13(23-21-12)10-7(2)22-5-9(10)14(15,16)17/h3-5H,1-2H3,(H2,18,19). The number of nitrogen functional groups attached to an aromatic ring is 1. The van der Waals surface area contributed by atoms with Crippen molar-refractivity contribution in [2.24, 2.45) is 0 Å². The van der Waals surface area contributed by atoms with Gasteiger partial charge in [-0.1, -0.05) is 5.16 Å². The molecule has 120 valence electrons. The maximum Gasteiger partial charge on any atom is 0.420 e. The van der Waals surface area contributed by atoms with Crippen molar-refractivity contribution < 1.29 is 22.1 Å². The van der Waals surface area contributed by atoms with Crippen LogP contribution in [0.3, 0.4) is 0 Å². The number of nitrogens with zero attached hydrogens (tertiary/aromatic N) is 3. The number of furan rings is 1. The van der Waals surface area contributed by atoms with Crippen molar-refractivity contribution in [3.05, 3.63) is 35.4 Å². The second-order valence-electron chi connectivity index (χ2n) is 4.93. The lowest BCUT2D eigenvalue weighted by molar-refractivity contribution is -0.137. The number of pyridine rings is 1. The molecule has 0 fully saturated rings. The second kappa shape index (κ2) is 5.11. The van der Waals surface area contributed by atoms with Gasteiger partial charge in [-0.2, -0.15) is 18.2 Å². The van der Waals surface area contributed by atoms with Crippen LogP contribution < -0.4 is 5.73 Å². The zero-order valence-corrected chi connectivity index (χ0v) is 12.1. The third kappa shape index (κ3) is 2.65. The highest BCUT2D eigenvalue weighted by Crippen LogP contribution is 2.39. The highest BCUT2D eigenvalue weighted by molar-refractivity contribution is 5.65. The van der Waals surface area contributed by atoms with Crippen molar-refractivity contribution in [3.8, 4) is 22.8 Å². The van der Waals surface area contributed by atoms with Gasteiger partial charge in [-0.25, -0.2) is 4.98 Å². The van der Waals surface area contributed by atoms with Crippen LogP contribution in [0.5, 0.6) is 0 Å². The van der Waals surface area contributed by atoms with Crippen molar-refractivity contribution in [1.82, 2.24) is 15.1 Å². The summed E-state index contributed by atoms with van der Waals surface area (Å²) in [7, 11) is 0. The van der Waals surface area contributed by atoms with E-state index in [-0.39, 0.29) is 23.0 Å². The number of anilines is 1. The molecule has 0 saturated carbocycles. The Bertz CT molecular complexity index is 867. The Morgan fingerprint density at radius 1 is 1.22 bits per heavy atom. The Morgan fingerprint density at radius 3 is 2.61 bits per heavy atom. The monoisotopic (exact) mass is 324 g/mol. The summed E-state index contributed by atoms with van der Waals surface area (Å²) in [5.74, 6) is 0.235. The summed E-state index contributed by atoms with van der Waals surface area (Å²) in [5, 5.41) is 3.70. The molecule has 0 saturated heterocycles. The highest BCUT2D eigenvalue weighted by Gasteiger charge is 2.38. The molecule has 6 nitrogen and oxygen atoms in total. The highest BCUT2D eigenvalue weighted by atomic mass is 19.4. The van der Waals surface area contributed by atoms with E-state index in [9.17, 15) is 13.2 Å². The van der Waals surface area contributed by atoms with Crippen LogP contribution in [0, 0.1) is 13.8 Å². The van der Waals surface area contributed by atoms with E-state index in [2.05, 4.69) is 15.1 Å². The first kappa shape index (κ1) is 15.1. The van der Waals surface area contributed by atoms with Gasteiger partial charge in [-0.15, -0.1) is 0 Å². The molecule has 3 rings (SSSR count). The molecule has 0 aliphatic rings. The molecule has 0 spiro atoms. The number of alkyl halides is 3. The summed E-state index contributed by atoms with van der Waals surface area (Å²) in [5.41, 5.74) is 5.58. The number of nitrogens with two attached hydrogens (primary N) is 1. The van der Waals surface area contributed by atoms with Crippen LogP contribution in [0.1, 0.15) is 16.9 Å². The van der Waals surface area contributed by atoms with Gasteiger partial charge in [-0.05, 0) is 25.5 Å². The van der Waals surface area contributed by atoms with Gasteiger partial charge in [0.05, 0.1) is 5.56 Å². The summed E-state index contributed by atoms with van der Waals surface area (Å²) in [4.78, 5) is 7.97. The van der Waals surface area contributed by atoms with E-state index >= 15 is 0 Å². The van der Waals surface area contributed by atoms with Crippen LogP contribution in [-0.2, 0) is 6.18 Å². The number of hydrogen-bond acceptors (Lipinski definition) is 6. The topological polar surface area (TPSA) is 91.0 Å². The van der Waals surface area contributed by atoms with Crippen LogP contribution in [0.2, 0.25) is 0 Å². The first-order valence-corrected chi connectivity index (χ1v) is 6.49. The van der Waals surface area contributed by atoms with Crippen LogP contribution >= 0.6 is 0 Å². The van der Waals surface area contributed by atoms with Crippen LogP contribution in [0.15, 0.2) is 27.5 Å². The van der Waals surface area contributed by atoms with Crippen molar-refractivity contribution >= 4 is 5.82 Å². The number of halogens is 3. The molecule has 0 aromatic carbocycles. The zero-order valence-electron chi connectivity index (χ0n) is 12.1. The zero-order chi connectivity index (χ0) is 16.8. The predicted molar refractivity (Wildman–Crippen MR) is 74.1 cm³/mol. The first-order valence-electron chi connectivity index (χ1n) is 6.49. The van der Waals surface area contributed by atoms with Crippen LogP contribution in [0.25, 0.3) is 22.8 Å². The molecule has 9 heteroatoms. The molecule has 0 aliphatic heterocycles. The lowest BCUT2D eigenvalue weighted by atomic mass is 10.1. The van der Waals surface area contributed by atoms with E-state index in [0.717, 1.165) is 0 Å². The van der Waals surface area contributed by atoms with Crippen molar-refractivity contribution in [1.29, 1.82) is 0 Å². The van der Waals surface area contributed by atoms with E-state index < -0.39 is 11.7 Å². The number of aryl methyl sites for hydroxylation is 2. The lowest BCUT2D eigenvalue weighted by Gasteiger charge is -2.04. The van der Waals surface area contributed by atoms with E-state index in [1.165, 1.54) is 13.1 Å². The Kier molecular flexibility index (Phi) is 3.35. The summed E-state index contributed by atoms with van der Waals surface area (Å²) >= 11 is 0. The fourth-order valence-electron chi connectivity index (χ4n) is 2.08. The van der Waals surface area contributed by atoms with Gasteiger partial charge in [0.1, 0.15) is 23.4 Å². The van der Waals surface area contributed by atoms with E-state index in [1.807, 2.05) is 0 Å². The number of rotatable bonds is 2. The van der Waals surface area contributed by atoms with Gasteiger partial charge in [-0.3, -0.25) is 0 Å². The first-order chi connectivity index (χ1) is 10.8. The van der Waals surface area contributed by atoms with Crippen molar-refractivity contribution in [2.75, 3.05) is 5.73 Å². The fraction of sp³-hybridized carbons (Fsp3) is 0.214. The number of hydrogen-bond donors (Lipinski definition) is 1. The minimum Gasteiger partial charge on any atom is -0.468 e. The summed E-state index contributed by atoms with van der Waals surface area (Å²) in [6, 6.07) is 1.67. The quantitative estimate of drug-likeness (QED) is 0.774. The lowest BCUT2D eigenvalue weighted by Crippen LogP contribution is -2.05. The fourth-order valence-corrected chi connectivity index (χ4v) is 2.08. The van der Waals surface area contributed by atoms with Crippen LogP contribution in [0.4, 0.5) is 19.0 Å². The average molecular weight is 324 g/mol. The van der Waals surface area contributed by atoms with E-state index in [4.69, 9.17) is 14.7 Å². The molecule has 3 heterocycles. The molecular formula is C14H11F3N4O2. The summed E-state index contributed by atoms with van der Waals surface area (Å²) < 4.78 is 48.8. The summed E-state index contributed by atoms with van der Waals surface area (Å²) in [6.45, 7) is 3.14. The molecule has 0 radical (unpaired) electrons. The van der Waals surface area contributed by atoms with Gasteiger partial charge in [0.2, 0.25) is 5.82 Å². The molecule has 2 N–H and O–H groups in total. The molecule has 0 amide bonds. The molecule has 0 bridgehead atoms. The van der Waals surface area contributed by atoms with E-state index in [1.54, 1.807) is 13.0 Å². The molecular weight excluding hydrogens is 313 g/mol. The Labute approximate surface area is 128 Å². The SMILES string of the molecule is Cc1cc(-c2noc(-c3c(C(F)(F)F)coc3C)n2)cnc1N. The third-order valence-electron chi connectivity index (χ3n) is 3.30. The molecule has 3 aromatic rings. The minimum atomic E-state index is -4.58. The predicted octanol–water partition coefficient (Wildman–Crippen LogP) is 3.61. The van der Waals surface area contributed by atoms with Gasteiger partial charge in [0.15, 0.2) is 0 Å². The van der Waals surface area contributed by atoms with Crippen molar-refractivity contribution in [2.45, 2.75) is 20.0 Å². The maximum atomic E-state index is 13.0. The molecule has 0 unspecified atom stereocenters. The molecule has 23 heavy (non-hydrogen) atoms. The summed E-state index contributed by atoms with van der Waals surface area (Å²) in [6.07, 6.45) is -2.53. The number of aromatic nitrogens is 3. The van der Waals surface area contributed by atoms with Crippen LogP contribution in [-0.4, -0.2) is 15.1 Å².